The molecule has 0 aliphatic heterocycles. The topological polar surface area (TPSA) is 114 Å². The first-order chi connectivity index (χ1) is 14.6. The third-order valence-electron chi connectivity index (χ3n) is 4.19. The second-order valence-electron chi connectivity index (χ2n) is 6.07. The Morgan fingerprint density at radius 1 is 1.17 bits per heavy atom. The van der Waals surface area contributed by atoms with E-state index in [1.807, 2.05) is 6.07 Å². The van der Waals surface area contributed by atoms with E-state index in [2.05, 4.69) is 15.5 Å². The Morgan fingerprint density at radius 2 is 2.00 bits per heavy atom. The molecule has 0 bridgehead atoms. The monoisotopic (exact) mass is 404 g/mol. The molecule has 1 amide bonds. The normalized spacial score (nSPS) is 10.4. The number of hydrogen-bond acceptors (Lipinski definition) is 7. The molecule has 1 N–H and O–H groups in total. The van der Waals surface area contributed by atoms with E-state index in [1.54, 1.807) is 12.1 Å². The van der Waals surface area contributed by atoms with E-state index in [4.69, 9.17) is 18.8 Å². The summed E-state index contributed by atoms with van der Waals surface area (Å²) in [6.45, 7) is 0. The zero-order valence-electron chi connectivity index (χ0n) is 15.5. The summed E-state index contributed by atoms with van der Waals surface area (Å²) in [6, 6.07) is 13.7. The van der Waals surface area contributed by atoms with Crippen LogP contribution in [0.5, 0.6) is 5.75 Å². The van der Waals surface area contributed by atoms with Crippen LogP contribution in [-0.4, -0.2) is 23.2 Å². The third kappa shape index (κ3) is 3.62. The number of benzene rings is 2. The molecule has 148 valence electrons. The zero-order valence-corrected chi connectivity index (χ0v) is 15.5. The molecule has 4 rings (SSSR count). The van der Waals surface area contributed by atoms with Crippen molar-refractivity contribution in [3.8, 4) is 34.9 Å². The summed E-state index contributed by atoms with van der Waals surface area (Å²) < 4.78 is 30.3. The van der Waals surface area contributed by atoms with E-state index < -0.39 is 11.7 Å². The van der Waals surface area contributed by atoms with Crippen LogP contribution in [0.15, 0.2) is 63.6 Å². The van der Waals surface area contributed by atoms with Crippen molar-refractivity contribution in [1.82, 2.24) is 10.2 Å². The molecule has 2 aromatic carbocycles. The molecular formula is C21H13FN4O4. The molecule has 0 radical (unpaired) electrons. The standard InChI is InChI=1S/C21H13FN4O4/c1-28-17-7-4-12(11-23)9-14(17)19(27)24-16-10-13(5-6-15(16)22)20-25-26-21(30-20)18-3-2-8-29-18/h2-10H,1H3,(H,24,27). The van der Waals surface area contributed by atoms with Gasteiger partial charge in [0, 0.05) is 5.56 Å². The van der Waals surface area contributed by atoms with Gasteiger partial charge in [0.2, 0.25) is 5.89 Å². The van der Waals surface area contributed by atoms with Crippen LogP contribution in [0.3, 0.4) is 0 Å². The molecule has 0 saturated carbocycles. The lowest BCUT2D eigenvalue weighted by Crippen LogP contribution is -2.14. The van der Waals surface area contributed by atoms with Gasteiger partial charge >= 0.3 is 0 Å². The lowest BCUT2D eigenvalue weighted by atomic mass is 10.1. The molecule has 0 saturated heterocycles. The fourth-order valence-electron chi connectivity index (χ4n) is 2.74. The van der Waals surface area contributed by atoms with Gasteiger partial charge in [-0.1, -0.05) is 0 Å². The number of methoxy groups -OCH3 is 1. The molecule has 9 heteroatoms. The third-order valence-corrected chi connectivity index (χ3v) is 4.19. The maximum Gasteiger partial charge on any atom is 0.283 e. The van der Waals surface area contributed by atoms with E-state index in [0.29, 0.717) is 11.3 Å². The summed E-state index contributed by atoms with van der Waals surface area (Å²) in [4.78, 5) is 12.7. The lowest BCUT2D eigenvalue weighted by Gasteiger charge is -2.11. The number of furan rings is 1. The van der Waals surface area contributed by atoms with Crippen LogP contribution in [0.1, 0.15) is 15.9 Å². The fraction of sp³-hybridized carbons (Fsp3) is 0.0476. The van der Waals surface area contributed by atoms with E-state index in [9.17, 15) is 9.18 Å². The number of halogens is 1. The van der Waals surface area contributed by atoms with Crippen molar-refractivity contribution in [1.29, 1.82) is 5.26 Å². The number of ether oxygens (including phenoxy) is 1. The maximum atomic E-state index is 14.3. The highest BCUT2D eigenvalue weighted by molar-refractivity contribution is 6.06. The molecular weight excluding hydrogens is 391 g/mol. The number of carbonyl (C=O) groups is 1. The number of anilines is 1. The summed E-state index contributed by atoms with van der Waals surface area (Å²) in [5.41, 5.74) is 0.667. The van der Waals surface area contributed by atoms with Crippen molar-refractivity contribution >= 4 is 11.6 Å². The quantitative estimate of drug-likeness (QED) is 0.528. The number of rotatable bonds is 5. The molecule has 2 aromatic heterocycles. The van der Waals surface area contributed by atoms with Gasteiger partial charge < -0.3 is 18.9 Å². The molecule has 30 heavy (non-hydrogen) atoms. The Hall–Kier alpha value is -4.45. The number of aromatic nitrogens is 2. The smallest absolute Gasteiger partial charge is 0.283 e. The van der Waals surface area contributed by atoms with E-state index >= 15 is 0 Å². The van der Waals surface area contributed by atoms with Crippen molar-refractivity contribution in [3.05, 3.63) is 71.7 Å². The van der Waals surface area contributed by atoms with Gasteiger partial charge in [-0.05, 0) is 48.5 Å². The molecule has 0 unspecified atom stereocenters. The number of nitrogens with zero attached hydrogens (tertiary/aromatic N) is 3. The Balaban J connectivity index is 1.63. The summed E-state index contributed by atoms with van der Waals surface area (Å²) in [5, 5.41) is 19.4. The van der Waals surface area contributed by atoms with E-state index in [1.165, 1.54) is 49.8 Å². The van der Waals surface area contributed by atoms with Gasteiger partial charge in [0.1, 0.15) is 11.6 Å². The predicted octanol–water partition coefficient (Wildman–Crippen LogP) is 4.27. The van der Waals surface area contributed by atoms with Crippen LogP contribution in [0, 0.1) is 17.1 Å². The molecule has 2 heterocycles. The van der Waals surface area contributed by atoms with Crippen molar-refractivity contribution in [2.45, 2.75) is 0 Å². The van der Waals surface area contributed by atoms with Crippen LogP contribution in [0.2, 0.25) is 0 Å². The first kappa shape index (κ1) is 18.9. The number of amides is 1. The highest BCUT2D eigenvalue weighted by Crippen LogP contribution is 2.28. The average molecular weight is 404 g/mol. The van der Waals surface area contributed by atoms with Crippen molar-refractivity contribution in [3.63, 3.8) is 0 Å². The van der Waals surface area contributed by atoms with Gasteiger partial charge in [0.15, 0.2) is 5.76 Å². The van der Waals surface area contributed by atoms with Crippen molar-refractivity contribution in [2.75, 3.05) is 12.4 Å². The van der Waals surface area contributed by atoms with Crippen molar-refractivity contribution < 1.29 is 22.8 Å². The number of nitriles is 1. The Morgan fingerprint density at radius 3 is 2.73 bits per heavy atom. The molecule has 8 nitrogen and oxygen atoms in total. The van der Waals surface area contributed by atoms with Crippen molar-refractivity contribution in [2.24, 2.45) is 0 Å². The van der Waals surface area contributed by atoms with Gasteiger partial charge in [0.25, 0.3) is 11.8 Å². The summed E-state index contributed by atoms with van der Waals surface area (Å²) >= 11 is 0. The number of carbonyl (C=O) groups excluding carboxylic acids is 1. The molecule has 0 atom stereocenters. The van der Waals surface area contributed by atoms with Crippen LogP contribution in [0.25, 0.3) is 23.1 Å². The largest absolute Gasteiger partial charge is 0.496 e. The van der Waals surface area contributed by atoms with Gasteiger partial charge in [-0.3, -0.25) is 4.79 Å². The minimum atomic E-state index is -0.659. The maximum absolute atomic E-state index is 14.3. The summed E-state index contributed by atoms with van der Waals surface area (Å²) in [7, 11) is 1.39. The van der Waals surface area contributed by atoms with Crippen LogP contribution in [0.4, 0.5) is 10.1 Å². The van der Waals surface area contributed by atoms with Crippen LogP contribution >= 0.6 is 0 Å². The highest BCUT2D eigenvalue weighted by Gasteiger charge is 2.18. The van der Waals surface area contributed by atoms with Gasteiger partial charge in [-0.2, -0.15) is 5.26 Å². The van der Waals surface area contributed by atoms with E-state index in [-0.39, 0.29) is 34.3 Å². The molecule has 4 aromatic rings. The zero-order chi connectivity index (χ0) is 21.1. The lowest BCUT2D eigenvalue weighted by molar-refractivity contribution is 0.102. The average Bonchev–Trinajstić information content (AvgIpc) is 3.46. The summed E-state index contributed by atoms with van der Waals surface area (Å²) in [6.07, 6.45) is 1.47. The Labute approximate surface area is 169 Å². The minimum absolute atomic E-state index is 0.0965. The second-order valence-corrected chi connectivity index (χ2v) is 6.07. The van der Waals surface area contributed by atoms with Gasteiger partial charge in [0.05, 0.1) is 36.3 Å². The number of nitrogens with one attached hydrogen (secondary N) is 1. The van der Waals surface area contributed by atoms with E-state index in [0.717, 1.165) is 0 Å². The Kier molecular flexibility index (Phi) is 4.97. The number of hydrogen-bond donors (Lipinski definition) is 1. The Bertz CT molecular complexity index is 1260. The summed E-state index contributed by atoms with van der Waals surface area (Å²) in [5.74, 6) is -0.351. The molecule has 0 spiro atoms. The highest BCUT2D eigenvalue weighted by atomic mass is 19.1. The minimum Gasteiger partial charge on any atom is -0.496 e. The SMILES string of the molecule is COc1ccc(C#N)cc1C(=O)Nc1cc(-c2nnc(-c3ccco3)o2)ccc1F. The van der Waals surface area contributed by atoms with Gasteiger partial charge in [-0.15, -0.1) is 10.2 Å². The predicted molar refractivity (Wildman–Crippen MR) is 103 cm³/mol. The second kappa shape index (κ2) is 7.89. The molecule has 0 aliphatic carbocycles. The van der Waals surface area contributed by atoms with Crippen LogP contribution < -0.4 is 10.1 Å². The first-order valence-corrected chi connectivity index (χ1v) is 8.66. The van der Waals surface area contributed by atoms with Crippen LogP contribution in [-0.2, 0) is 0 Å². The molecule has 0 aliphatic rings. The molecule has 0 fully saturated rings. The first-order valence-electron chi connectivity index (χ1n) is 8.66. The fourth-order valence-corrected chi connectivity index (χ4v) is 2.74. The van der Waals surface area contributed by atoms with Gasteiger partial charge in [-0.25, -0.2) is 4.39 Å².